The molecule has 0 radical (unpaired) electrons. The van der Waals surface area contributed by atoms with Gasteiger partial charge in [0.15, 0.2) is 0 Å². The predicted molar refractivity (Wildman–Crippen MR) is 62.1 cm³/mol. The molecule has 1 N–H and O–H groups in total. The molecule has 3 nitrogen and oxygen atoms in total. The molecular formula is C13H14O3. The average molecular weight is 218 g/mol. The Labute approximate surface area is 93.7 Å². The van der Waals surface area contributed by atoms with Gasteiger partial charge in [-0.05, 0) is 44.9 Å². The summed E-state index contributed by atoms with van der Waals surface area (Å²) in [7, 11) is 0. The van der Waals surface area contributed by atoms with Gasteiger partial charge in [0.2, 0.25) is 0 Å². The Bertz CT molecular complexity index is 591. The number of rotatable bonds is 1. The lowest BCUT2D eigenvalue weighted by Gasteiger charge is -2.05. The molecule has 2 rings (SSSR count). The summed E-state index contributed by atoms with van der Waals surface area (Å²) < 4.78 is 5.61. The molecule has 2 aromatic rings. The second-order valence-electron chi connectivity index (χ2n) is 4.16. The number of carboxylic acid groups (broad SMARTS) is 1. The maximum Gasteiger partial charge on any atom is 0.336 e. The Morgan fingerprint density at radius 2 is 1.81 bits per heavy atom. The van der Waals surface area contributed by atoms with E-state index in [2.05, 4.69) is 0 Å². The summed E-state index contributed by atoms with van der Waals surface area (Å²) in [4.78, 5) is 11.1. The number of aromatic carboxylic acids is 1. The van der Waals surface area contributed by atoms with Gasteiger partial charge in [0.05, 0.1) is 5.56 Å². The fraction of sp³-hybridized carbons (Fsp3) is 0.308. The molecule has 0 unspecified atom stereocenters. The third kappa shape index (κ3) is 1.32. The summed E-state index contributed by atoms with van der Waals surface area (Å²) in [5.41, 5.74) is 3.61. The number of benzene rings is 1. The van der Waals surface area contributed by atoms with Crippen molar-refractivity contribution in [3.63, 3.8) is 0 Å². The highest BCUT2D eigenvalue weighted by atomic mass is 16.4. The Balaban J connectivity index is 2.94. The maximum absolute atomic E-state index is 11.1. The highest BCUT2D eigenvalue weighted by Crippen LogP contribution is 2.31. The molecule has 1 aromatic carbocycles. The smallest absolute Gasteiger partial charge is 0.336 e. The van der Waals surface area contributed by atoms with Gasteiger partial charge in [-0.3, -0.25) is 0 Å². The number of fused-ring (bicyclic) bond motifs is 1. The van der Waals surface area contributed by atoms with Crippen LogP contribution in [0.1, 0.15) is 32.8 Å². The van der Waals surface area contributed by atoms with Crippen molar-refractivity contribution >= 4 is 16.9 Å². The van der Waals surface area contributed by atoms with Crippen molar-refractivity contribution in [2.45, 2.75) is 27.7 Å². The van der Waals surface area contributed by atoms with Gasteiger partial charge in [-0.25, -0.2) is 4.79 Å². The van der Waals surface area contributed by atoms with Crippen molar-refractivity contribution in [1.29, 1.82) is 0 Å². The normalized spacial score (nSPS) is 11.0. The number of aryl methyl sites for hydroxylation is 4. The molecule has 0 saturated heterocycles. The van der Waals surface area contributed by atoms with Crippen LogP contribution in [0.15, 0.2) is 10.5 Å². The van der Waals surface area contributed by atoms with E-state index in [1.54, 1.807) is 6.92 Å². The van der Waals surface area contributed by atoms with Gasteiger partial charge in [0.25, 0.3) is 0 Å². The minimum atomic E-state index is -0.899. The molecule has 0 fully saturated rings. The fourth-order valence-corrected chi connectivity index (χ4v) is 2.12. The standard InChI is InChI=1S/C13H14O3/c1-6-5-10-7(2)9(4)16-12(10)8(3)11(6)13(14)15/h5H,1-4H3,(H,14,15). The number of hydrogen-bond donors (Lipinski definition) is 1. The summed E-state index contributed by atoms with van der Waals surface area (Å²) >= 11 is 0. The van der Waals surface area contributed by atoms with Crippen LogP contribution < -0.4 is 0 Å². The van der Waals surface area contributed by atoms with Gasteiger partial charge >= 0.3 is 5.97 Å². The van der Waals surface area contributed by atoms with Crippen molar-refractivity contribution in [2.24, 2.45) is 0 Å². The maximum atomic E-state index is 11.1. The molecule has 0 aliphatic rings. The van der Waals surface area contributed by atoms with Crippen molar-refractivity contribution in [3.8, 4) is 0 Å². The van der Waals surface area contributed by atoms with E-state index in [4.69, 9.17) is 9.52 Å². The van der Waals surface area contributed by atoms with Crippen LogP contribution in [0, 0.1) is 27.7 Å². The summed E-state index contributed by atoms with van der Waals surface area (Å²) in [6.07, 6.45) is 0. The van der Waals surface area contributed by atoms with Crippen LogP contribution in [0.5, 0.6) is 0 Å². The predicted octanol–water partition coefficient (Wildman–Crippen LogP) is 3.36. The number of carbonyl (C=O) groups is 1. The summed E-state index contributed by atoms with van der Waals surface area (Å²) in [6, 6.07) is 1.89. The van der Waals surface area contributed by atoms with Gasteiger partial charge in [-0.15, -0.1) is 0 Å². The van der Waals surface area contributed by atoms with Gasteiger partial charge < -0.3 is 9.52 Å². The summed E-state index contributed by atoms with van der Waals surface area (Å²) in [5, 5.41) is 10.2. The van der Waals surface area contributed by atoms with Gasteiger partial charge in [0.1, 0.15) is 11.3 Å². The molecule has 1 aromatic heterocycles. The third-order valence-corrected chi connectivity index (χ3v) is 3.12. The van der Waals surface area contributed by atoms with E-state index in [9.17, 15) is 4.79 Å². The zero-order valence-corrected chi connectivity index (χ0v) is 9.84. The first-order valence-electron chi connectivity index (χ1n) is 5.16. The van der Waals surface area contributed by atoms with Crippen LogP contribution >= 0.6 is 0 Å². The highest BCUT2D eigenvalue weighted by Gasteiger charge is 2.18. The molecule has 16 heavy (non-hydrogen) atoms. The lowest BCUT2D eigenvalue weighted by Crippen LogP contribution is -2.03. The summed E-state index contributed by atoms with van der Waals surface area (Å²) in [6.45, 7) is 7.49. The van der Waals surface area contributed by atoms with Gasteiger partial charge in [0, 0.05) is 10.9 Å². The Kier molecular flexibility index (Phi) is 2.26. The molecular weight excluding hydrogens is 204 g/mol. The topological polar surface area (TPSA) is 50.4 Å². The zero-order chi connectivity index (χ0) is 12.0. The lowest BCUT2D eigenvalue weighted by atomic mass is 9.99. The molecule has 0 aliphatic heterocycles. The second-order valence-corrected chi connectivity index (χ2v) is 4.16. The average Bonchev–Trinajstić information content (AvgIpc) is 2.45. The third-order valence-electron chi connectivity index (χ3n) is 3.12. The van der Waals surface area contributed by atoms with E-state index in [1.807, 2.05) is 26.8 Å². The first kappa shape index (κ1) is 10.7. The molecule has 0 spiro atoms. The van der Waals surface area contributed by atoms with Crippen LogP contribution in [0.2, 0.25) is 0 Å². The first-order valence-corrected chi connectivity index (χ1v) is 5.16. The van der Waals surface area contributed by atoms with E-state index in [0.29, 0.717) is 16.7 Å². The SMILES string of the molecule is Cc1cc2c(C)c(C)oc2c(C)c1C(=O)O. The van der Waals surface area contributed by atoms with Gasteiger partial charge in [-0.1, -0.05) is 0 Å². The number of carboxylic acids is 1. The number of hydrogen-bond acceptors (Lipinski definition) is 2. The Morgan fingerprint density at radius 1 is 1.19 bits per heavy atom. The molecule has 0 saturated carbocycles. The molecule has 0 atom stereocenters. The van der Waals surface area contributed by atoms with Crippen LogP contribution in [0.4, 0.5) is 0 Å². The quantitative estimate of drug-likeness (QED) is 0.798. The van der Waals surface area contributed by atoms with E-state index in [-0.39, 0.29) is 0 Å². The molecule has 84 valence electrons. The molecule has 0 bridgehead atoms. The Hall–Kier alpha value is -1.77. The molecule has 0 aliphatic carbocycles. The van der Waals surface area contributed by atoms with Crippen molar-refractivity contribution < 1.29 is 14.3 Å². The number of furan rings is 1. The zero-order valence-electron chi connectivity index (χ0n) is 9.84. The minimum Gasteiger partial charge on any atom is -0.478 e. The highest BCUT2D eigenvalue weighted by molar-refractivity contribution is 5.98. The van der Waals surface area contributed by atoms with Crippen molar-refractivity contribution in [3.05, 3.63) is 34.1 Å². The second kappa shape index (κ2) is 3.37. The van der Waals surface area contributed by atoms with E-state index in [0.717, 1.165) is 22.3 Å². The van der Waals surface area contributed by atoms with Crippen LogP contribution in [0.3, 0.4) is 0 Å². The van der Waals surface area contributed by atoms with Gasteiger partial charge in [-0.2, -0.15) is 0 Å². The van der Waals surface area contributed by atoms with E-state index >= 15 is 0 Å². The Morgan fingerprint density at radius 3 is 2.38 bits per heavy atom. The monoisotopic (exact) mass is 218 g/mol. The largest absolute Gasteiger partial charge is 0.478 e. The van der Waals surface area contributed by atoms with Crippen molar-refractivity contribution in [1.82, 2.24) is 0 Å². The van der Waals surface area contributed by atoms with E-state index < -0.39 is 5.97 Å². The van der Waals surface area contributed by atoms with E-state index in [1.165, 1.54) is 0 Å². The molecule has 0 amide bonds. The minimum absolute atomic E-state index is 0.348. The molecule has 1 heterocycles. The summed E-state index contributed by atoms with van der Waals surface area (Å²) in [5.74, 6) is -0.0522. The fourth-order valence-electron chi connectivity index (χ4n) is 2.12. The first-order chi connectivity index (χ1) is 7.43. The van der Waals surface area contributed by atoms with Crippen LogP contribution in [-0.2, 0) is 0 Å². The molecule has 3 heteroatoms. The van der Waals surface area contributed by atoms with Crippen LogP contribution in [-0.4, -0.2) is 11.1 Å². The van der Waals surface area contributed by atoms with Crippen LogP contribution in [0.25, 0.3) is 11.0 Å². The van der Waals surface area contributed by atoms with Crippen molar-refractivity contribution in [2.75, 3.05) is 0 Å². The lowest BCUT2D eigenvalue weighted by molar-refractivity contribution is 0.0695.